The summed E-state index contributed by atoms with van der Waals surface area (Å²) < 4.78 is 0. The number of benzene rings is 1. The van der Waals surface area contributed by atoms with E-state index >= 15 is 0 Å². The van der Waals surface area contributed by atoms with E-state index in [0.29, 0.717) is 0 Å². The molecule has 0 saturated carbocycles. The fraction of sp³-hybridized carbons (Fsp3) is 0.118. The molecule has 3 aromatic rings. The van der Waals surface area contributed by atoms with Gasteiger partial charge in [0.2, 0.25) is 0 Å². The van der Waals surface area contributed by atoms with Crippen LogP contribution in [0.15, 0.2) is 29.5 Å². The normalized spacial score (nSPS) is 11.4. The Morgan fingerprint density at radius 1 is 1.35 bits per heavy atom. The number of carbonyl (C=O) groups is 1. The minimum absolute atomic E-state index is 0.00832. The molecule has 26 heavy (non-hydrogen) atoms. The number of nitrogens with one attached hydrogen (secondary N) is 2. The van der Waals surface area contributed by atoms with Crippen molar-refractivity contribution in [1.82, 2.24) is 9.97 Å². The lowest BCUT2D eigenvalue weighted by Crippen LogP contribution is -2.05. The zero-order chi connectivity index (χ0) is 18.8. The number of aromatic amines is 1. The maximum Gasteiger partial charge on any atom is 0.356 e. The summed E-state index contributed by atoms with van der Waals surface area (Å²) in [6.07, 6.45) is 4.32. The number of carboxylic acids is 1. The number of nitrogens with zero attached hydrogens (tertiary/aromatic N) is 2. The fourth-order valence-electron chi connectivity index (χ4n) is 2.56. The molecule has 0 bridgehead atoms. The van der Waals surface area contributed by atoms with Gasteiger partial charge in [-0.15, -0.1) is 0 Å². The lowest BCUT2D eigenvalue weighted by molar-refractivity contribution is 0.0691. The summed E-state index contributed by atoms with van der Waals surface area (Å²) in [6, 6.07) is 6.03. The number of rotatable bonds is 5. The van der Waals surface area contributed by atoms with Crippen LogP contribution in [0.3, 0.4) is 0 Å². The number of para-hydroxylation sites is 1. The van der Waals surface area contributed by atoms with E-state index in [1.165, 1.54) is 5.56 Å². The Hall–Kier alpha value is -2.28. The summed E-state index contributed by atoms with van der Waals surface area (Å²) in [4.78, 5) is 18.1. The second kappa shape index (κ2) is 7.53. The fourth-order valence-corrected chi connectivity index (χ4v) is 3.23. The van der Waals surface area contributed by atoms with Gasteiger partial charge in [-0.3, -0.25) is 5.43 Å². The lowest BCUT2D eigenvalue weighted by Gasteiger charge is -2.09. The van der Waals surface area contributed by atoms with Gasteiger partial charge in [0.1, 0.15) is 10.0 Å². The Morgan fingerprint density at radius 3 is 2.81 bits per heavy atom. The van der Waals surface area contributed by atoms with Gasteiger partial charge < -0.3 is 10.1 Å². The molecule has 0 fully saturated rings. The molecule has 6 nitrogen and oxygen atoms in total. The average molecular weight is 412 g/mol. The number of pyridine rings is 1. The number of hydrogen-bond acceptors (Lipinski definition) is 4. The van der Waals surface area contributed by atoms with Crippen LogP contribution in [0.5, 0.6) is 0 Å². The first-order valence-corrected chi connectivity index (χ1v) is 8.73. The number of aromatic nitrogens is 2. The molecular formula is C17H13Cl3N4O2. The van der Waals surface area contributed by atoms with Gasteiger partial charge in [0.25, 0.3) is 0 Å². The Morgan fingerprint density at radius 2 is 2.12 bits per heavy atom. The van der Waals surface area contributed by atoms with Crippen LogP contribution in [-0.2, 0) is 6.42 Å². The highest BCUT2D eigenvalue weighted by atomic mass is 35.5. The molecule has 2 heterocycles. The van der Waals surface area contributed by atoms with Crippen LogP contribution < -0.4 is 5.43 Å². The molecule has 0 aliphatic heterocycles. The third-order valence-corrected chi connectivity index (χ3v) is 4.94. The Labute approximate surface area is 163 Å². The molecule has 0 amide bonds. The van der Waals surface area contributed by atoms with Crippen LogP contribution in [0.25, 0.3) is 10.9 Å². The number of anilines is 1. The standard InChI is InChI=1S/C17H13Cl3N4O2/c1-2-8-4-3-5-10-9(6-21-13(8)10)7-22-24-14-11(18)15(17(25)26)23-16(20)12(14)19/h3-7,21H,2H2,1H3,(H,23,24)(H,25,26). The van der Waals surface area contributed by atoms with Crippen molar-refractivity contribution >= 4 is 63.6 Å². The van der Waals surface area contributed by atoms with Crippen LogP contribution in [0.2, 0.25) is 15.2 Å². The van der Waals surface area contributed by atoms with E-state index < -0.39 is 11.7 Å². The van der Waals surface area contributed by atoms with Crippen LogP contribution >= 0.6 is 34.8 Å². The van der Waals surface area contributed by atoms with Gasteiger partial charge in [0, 0.05) is 22.7 Å². The molecule has 0 spiro atoms. The largest absolute Gasteiger partial charge is 0.476 e. The Bertz CT molecular complexity index is 1030. The molecule has 0 saturated heterocycles. The second-order valence-corrected chi connectivity index (χ2v) is 6.48. The van der Waals surface area contributed by atoms with E-state index in [1.807, 2.05) is 18.3 Å². The third-order valence-electron chi connectivity index (χ3n) is 3.84. The second-order valence-electron chi connectivity index (χ2n) is 5.37. The zero-order valence-corrected chi connectivity index (χ0v) is 15.7. The minimum atomic E-state index is -1.32. The average Bonchev–Trinajstić information content (AvgIpc) is 3.04. The molecule has 0 aliphatic carbocycles. The smallest absolute Gasteiger partial charge is 0.356 e. The molecule has 3 N–H and O–H groups in total. The summed E-state index contributed by atoms with van der Waals surface area (Å²) in [5.41, 5.74) is 5.43. The predicted molar refractivity (Wildman–Crippen MR) is 105 cm³/mol. The number of H-pyrrole nitrogens is 1. The van der Waals surface area contributed by atoms with Crippen LogP contribution in [-0.4, -0.2) is 27.3 Å². The van der Waals surface area contributed by atoms with Crippen LogP contribution in [0.1, 0.15) is 28.5 Å². The van der Waals surface area contributed by atoms with Crippen molar-refractivity contribution in [3.05, 3.63) is 56.4 Å². The maximum atomic E-state index is 11.2. The molecule has 1 aromatic carbocycles. The lowest BCUT2D eigenvalue weighted by atomic mass is 10.1. The van der Waals surface area contributed by atoms with Gasteiger partial charge in [-0.2, -0.15) is 5.10 Å². The zero-order valence-electron chi connectivity index (χ0n) is 13.5. The number of fused-ring (bicyclic) bond motifs is 1. The van der Waals surface area contributed by atoms with Gasteiger partial charge in [0.15, 0.2) is 10.8 Å². The van der Waals surface area contributed by atoms with Crippen LogP contribution in [0.4, 0.5) is 5.69 Å². The van der Waals surface area contributed by atoms with E-state index in [4.69, 9.17) is 39.9 Å². The third kappa shape index (κ3) is 3.35. The number of aromatic carboxylic acids is 1. The predicted octanol–water partition coefficient (Wildman–Crippen LogP) is 5.23. The molecular weight excluding hydrogens is 399 g/mol. The van der Waals surface area contributed by atoms with Crippen molar-refractivity contribution in [3.63, 3.8) is 0 Å². The molecule has 0 atom stereocenters. The number of halogens is 3. The number of aryl methyl sites for hydroxylation is 1. The van der Waals surface area contributed by atoms with Gasteiger partial charge in [0.05, 0.1) is 11.9 Å². The highest BCUT2D eigenvalue weighted by molar-refractivity contribution is 6.46. The first kappa shape index (κ1) is 18.5. The van der Waals surface area contributed by atoms with Gasteiger partial charge in [-0.25, -0.2) is 9.78 Å². The molecule has 134 valence electrons. The van der Waals surface area contributed by atoms with Crippen molar-refractivity contribution in [1.29, 1.82) is 0 Å². The summed E-state index contributed by atoms with van der Waals surface area (Å²) in [7, 11) is 0. The van der Waals surface area contributed by atoms with E-state index in [9.17, 15) is 4.79 Å². The summed E-state index contributed by atoms with van der Waals surface area (Å²) in [5, 5.41) is 13.9. The van der Waals surface area contributed by atoms with E-state index in [0.717, 1.165) is 22.9 Å². The highest BCUT2D eigenvalue weighted by Gasteiger charge is 2.20. The highest BCUT2D eigenvalue weighted by Crippen LogP contribution is 2.36. The SMILES string of the molecule is CCc1cccc2c(C=NNc3c(Cl)c(Cl)nc(C(=O)O)c3Cl)c[nH]c12. The van der Waals surface area contributed by atoms with E-state index in [2.05, 4.69) is 33.5 Å². The minimum Gasteiger partial charge on any atom is -0.476 e. The van der Waals surface area contributed by atoms with Gasteiger partial charge in [-0.05, 0) is 12.0 Å². The molecule has 3 rings (SSSR count). The summed E-state index contributed by atoms with van der Waals surface area (Å²) in [5.74, 6) is -1.32. The quantitative estimate of drug-likeness (QED) is 0.304. The van der Waals surface area contributed by atoms with Crippen molar-refractivity contribution in [2.45, 2.75) is 13.3 Å². The van der Waals surface area contributed by atoms with Crippen molar-refractivity contribution in [3.8, 4) is 0 Å². The maximum absolute atomic E-state index is 11.2. The first-order valence-electron chi connectivity index (χ1n) is 7.59. The van der Waals surface area contributed by atoms with Crippen molar-refractivity contribution in [2.75, 3.05) is 5.43 Å². The Balaban J connectivity index is 1.94. The Kier molecular flexibility index (Phi) is 5.36. The monoisotopic (exact) mass is 410 g/mol. The topological polar surface area (TPSA) is 90.4 Å². The number of hydrazone groups is 1. The number of carboxylic acid groups (broad SMARTS) is 1. The van der Waals surface area contributed by atoms with Crippen molar-refractivity contribution < 1.29 is 9.90 Å². The first-order chi connectivity index (χ1) is 12.4. The summed E-state index contributed by atoms with van der Waals surface area (Å²) in [6.45, 7) is 2.09. The molecule has 2 aromatic heterocycles. The van der Waals surface area contributed by atoms with E-state index in [1.54, 1.807) is 6.21 Å². The molecule has 0 unspecified atom stereocenters. The summed E-state index contributed by atoms with van der Waals surface area (Å²) >= 11 is 18.0. The molecule has 9 heteroatoms. The van der Waals surface area contributed by atoms with E-state index in [-0.39, 0.29) is 20.9 Å². The molecule has 0 radical (unpaired) electrons. The van der Waals surface area contributed by atoms with Gasteiger partial charge in [-0.1, -0.05) is 59.9 Å². The van der Waals surface area contributed by atoms with Gasteiger partial charge >= 0.3 is 5.97 Å². The number of hydrogen-bond donors (Lipinski definition) is 3. The molecule has 0 aliphatic rings. The van der Waals surface area contributed by atoms with Crippen LogP contribution in [0, 0.1) is 0 Å². The van der Waals surface area contributed by atoms with Crippen molar-refractivity contribution in [2.24, 2.45) is 5.10 Å².